The maximum atomic E-state index is 11.0. The van der Waals surface area contributed by atoms with Gasteiger partial charge in [0.15, 0.2) is 6.10 Å². The van der Waals surface area contributed by atoms with E-state index in [4.69, 9.17) is 4.74 Å². The fourth-order valence-electron chi connectivity index (χ4n) is 1.21. The average Bonchev–Trinajstić information content (AvgIpc) is 2.35. The van der Waals surface area contributed by atoms with Crippen LogP contribution in [0, 0.1) is 0 Å². The molecule has 0 spiro atoms. The first-order chi connectivity index (χ1) is 7.65. The Kier molecular flexibility index (Phi) is 4.95. The van der Waals surface area contributed by atoms with Crippen LogP contribution in [0.5, 0.6) is 0 Å². The van der Waals surface area contributed by atoms with E-state index in [1.54, 1.807) is 6.92 Å². The van der Waals surface area contributed by atoms with Gasteiger partial charge >= 0.3 is 5.97 Å². The second-order valence-electron chi connectivity index (χ2n) is 3.47. The molecule has 1 aromatic rings. The van der Waals surface area contributed by atoms with Gasteiger partial charge in [-0.25, -0.2) is 4.79 Å². The van der Waals surface area contributed by atoms with Crippen LogP contribution in [0.2, 0.25) is 0 Å². The zero-order valence-electron chi connectivity index (χ0n) is 9.42. The van der Waals surface area contributed by atoms with E-state index < -0.39 is 18.2 Å². The standard InChI is InChI=1S/C12H16O4/c1-9(11(13)12(14)15-2)16-8-10-6-4-3-5-7-10/h3-7,9,11,13H,8H2,1-2H3/t9-,11-/m1/s1. The predicted octanol–water partition coefficient (Wildman–Crippen LogP) is 1.13. The van der Waals surface area contributed by atoms with Crippen molar-refractivity contribution in [3.05, 3.63) is 35.9 Å². The highest BCUT2D eigenvalue weighted by Gasteiger charge is 2.23. The van der Waals surface area contributed by atoms with Crippen LogP contribution in [0.3, 0.4) is 0 Å². The molecule has 1 rings (SSSR count). The number of carbonyl (C=O) groups is 1. The van der Waals surface area contributed by atoms with Crippen molar-refractivity contribution in [3.63, 3.8) is 0 Å². The van der Waals surface area contributed by atoms with E-state index in [0.29, 0.717) is 6.61 Å². The summed E-state index contributed by atoms with van der Waals surface area (Å²) >= 11 is 0. The monoisotopic (exact) mass is 224 g/mol. The topological polar surface area (TPSA) is 55.8 Å². The fourth-order valence-corrected chi connectivity index (χ4v) is 1.21. The lowest BCUT2D eigenvalue weighted by Gasteiger charge is -2.17. The Balaban J connectivity index is 2.41. The lowest BCUT2D eigenvalue weighted by Crippen LogP contribution is -2.34. The molecule has 0 bridgehead atoms. The zero-order valence-corrected chi connectivity index (χ0v) is 9.42. The van der Waals surface area contributed by atoms with Crippen molar-refractivity contribution in [2.75, 3.05) is 7.11 Å². The van der Waals surface area contributed by atoms with Crippen LogP contribution in [-0.4, -0.2) is 30.4 Å². The first-order valence-electron chi connectivity index (χ1n) is 5.06. The second-order valence-corrected chi connectivity index (χ2v) is 3.47. The highest BCUT2D eigenvalue weighted by molar-refractivity contribution is 5.74. The molecule has 0 heterocycles. The molecular formula is C12H16O4. The van der Waals surface area contributed by atoms with E-state index in [0.717, 1.165) is 5.56 Å². The summed E-state index contributed by atoms with van der Waals surface area (Å²) in [5.41, 5.74) is 0.992. The lowest BCUT2D eigenvalue weighted by atomic mass is 10.2. The van der Waals surface area contributed by atoms with Gasteiger partial charge in [-0.1, -0.05) is 30.3 Å². The van der Waals surface area contributed by atoms with Crippen molar-refractivity contribution in [1.82, 2.24) is 0 Å². The Bertz CT molecular complexity index is 323. The van der Waals surface area contributed by atoms with Gasteiger partial charge in [-0.15, -0.1) is 0 Å². The van der Waals surface area contributed by atoms with Crippen LogP contribution in [-0.2, 0) is 20.9 Å². The number of ether oxygens (including phenoxy) is 2. The van der Waals surface area contributed by atoms with Crippen molar-refractivity contribution < 1.29 is 19.4 Å². The summed E-state index contributed by atoms with van der Waals surface area (Å²) in [4.78, 5) is 11.0. The quantitative estimate of drug-likeness (QED) is 0.762. The van der Waals surface area contributed by atoms with Gasteiger partial charge in [-0.3, -0.25) is 0 Å². The maximum absolute atomic E-state index is 11.0. The molecule has 0 fully saturated rings. The maximum Gasteiger partial charge on any atom is 0.337 e. The van der Waals surface area contributed by atoms with E-state index >= 15 is 0 Å². The molecule has 0 amide bonds. The Morgan fingerprint density at radius 1 is 1.38 bits per heavy atom. The van der Waals surface area contributed by atoms with Gasteiger partial charge in [0.2, 0.25) is 0 Å². The Morgan fingerprint density at radius 3 is 2.56 bits per heavy atom. The number of benzene rings is 1. The molecule has 16 heavy (non-hydrogen) atoms. The van der Waals surface area contributed by atoms with E-state index in [2.05, 4.69) is 4.74 Å². The second kappa shape index (κ2) is 6.25. The molecule has 0 saturated heterocycles. The van der Waals surface area contributed by atoms with Crippen molar-refractivity contribution >= 4 is 5.97 Å². The van der Waals surface area contributed by atoms with Crippen LogP contribution in [0.4, 0.5) is 0 Å². The summed E-state index contributed by atoms with van der Waals surface area (Å²) in [5.74, 6) is -0.680. The van der Waals surface area contributed by atoms with Crippen molar-refractivity contribution in [3.8, 4) is 0 Å². The van der Waals surface area contributed by atoms with E-state index in [1.165, 1.54) is 7.11 Å². The van der Waals surface area contributed by atoms with Gasteiger partial charge in [-0.05, 0) is 12.5 Å². The molecule has 0 aromatic heterocycles. The molecular weight excluding hydrogens is 208 g/mol. The Morgan fingerprint density at radius 2 is 2.00 bits per heavy atom. The smallest absolute Gasteiger partial charge is 0.337 e. The Hall–Kier alpha value is -1.39. The van der Waals surface area contributed by atoms with Gasteiger partial charge in [0.25, 0.3) is 0 Å². The van der Waals surface area contributed by atoms with Gasteiger partial charge in [0.05, 0.1) is 19.8 Å². The molecule has 0 unspecified atom stereocenters. The molecule has 0 aliphatic heterocycles. The van der Waals surface area contributed by atoms with Gasteiger partial charge < -0.3 is 14.6 Å². The molecule has 0 aliphatic carbocycles. The third-order valence-corrected chi connectivity index (χ3v) is 2.24. The minimum Gasteiger partial charge on any atom is -0.467 e. The first-order valence-corrected chi connectivity index (χ1v) is 5.06. The number of hydrogen-bond acceptors (Lipinski definition) is 4. The highest BCUT2D eigenvalue weighted by Crippen LogP contribution is 2.06. The number of carbonyl (C=O) groups excluding carboxylic acids is 1. The highest BCUT2D eigenvalue weighted by atomic mass is 16.5. The number of aliphatic hydroxyl groups excluding tert-OH is 1. The van der Waals surface area contributed by atoms with Crippen molar-refractivity contribution in [2.45, 2.75) is 25.7 Å². The minimum atomic E-state index is -1.24. The zero-order chi connectivity index (χ0) is 12.0. The van der Waals surface area contributed by atoms with Crippen molar-refractivity contribution in [2.24, 2.45) is 0 Å². The molecule has 0 saturated carbocycles. The van der Waals surface area contributed by atoms with Crippen molar-refractivity contribution in [1.29, 1.82) is 0 Å². The number of hydrogen-bond donors (Lipinski definition) is 1. The number of esters is 1. The van der Waals surface area contributed by atoms with E-state index in [1.807, 2.05) is 30.3 Å². The molecule has 4 nitrogen and oxygen atoms in total. The third kappa shape index (κ3) is 3.64. The molecule has 1 aromatic carbocycles. The van der Waals surface area contributed by atoms with Crippen LogP contribution in [0.1, 0.15) is 12.5 Å². The van der Waals surface area contributed by atoms with E-state index in [-0.39, 0.29) is 0 Å². The summed E-state index contributed by atoms with van der Waals surface area (Å²) in [7, 11) is 1.23. The normalized spacial score (nSPS) is 14.2. The van der Waals surface area contributed by atoms with Crippen LogP contribution >= 0.6 is 0 Å². The number of rotatable bonds is 5. The third-order valence-electron chi connectivity index (χ3n) is 2.24. The number of aliphatic hydroxyl groups is 1. The van der Waals surface area contributed by atoms with Crippen LogP contribution in [0.15, 0.2) is 30.3 Å². The number of methoxy groups -OCH3 is 1. The predicted molar refractivity (Wildman–Crippen MR) is 58.7 cm³/mol. The lowest BCUT2D eigenvalue weighted by molar-refractivity contribution is -0.159. The first kappa shape index (κ1) is 12.7. The summed E-state index contributed by atoms with van der Waals surface area (Å²) in [6, 6.07) is 9.55. The fraction of sp³-hybridized carbons (Fsp3) is 0.417. The molecule has 88 valence electrons. The van der Waals surface area contributed by atoms with Gasteiger partial charge in [-0.2, -0.15) is 0 Å². The molecule has 2 atom stereocenters. The molecule has 1 N–H and O–H groups in total. The largest absolute Gasteiger partial charge is 0.467 e. The van der Waals surface area contributed by atoms with E-state index in [9.17, 15) is 9.90 Å². The minimum absolute atomic E-state index is 0.357. The SMILES string of the molecule is COC(=O)[C@H](O)[C@@H](C)OCc1ccccc1. The molecule has 0 radical (unpaired) electrons. The summed E-state index contributed by atoms with van der Waals surface area (Å²) in [5, 5.41) is 9.46. The molecule has 0 aliphatic rings. The Labute approximate surface area is 94.8 Å². The van der Waals surface area contributed by atoms with Gasteiger partial charge in [0.1, 0.15) is 0 Å². The van der Waals surface area contributed by atoms with Crippen LogP contribution < -0.4 is 0 Å². The summed E-state index contributed by atoms with van der Waals surface area (Å²) < 4.78 is 9.78. The van der Waals surface area contributed by atoms with Gasteiger partial charge in [0, 0.05) is 0 Å². The van der Waals surface area contributed by atoms with Crippen LogP contribution in [0.25, 0.3) is 0 Å². The summed E-state index contributed by atoms with van der Waals surface area (Å²) in [6.45, 7) is 1.99. The average molecular weight is 224 g/mol. The summed E-state index contributed by atoms with van der Waals surface area (Å²) in [6.07, 6.45) is -1.83. The molecule has 4 heteroatoms.